The van der Waals surface area contributed by atoms with Crippen molar-refractivity contribution >= 4 is 17.9 Å². The van der Waals surface area contributed by atoms with Gasteiger partial charge in [-0.15, -0.1) is 0 Å². The molecule has 0 aliphatic carbocycles. The minimum atomic E-state index is -0.758. The van der Waals surface area contributed by atoms with Crippen molar-refractivity contribution in [3.63, 3.8) is 0 Å². The second kappa shape index (κ2) is 45.1. The lowest BCUT2D eigenvalue weighted by Crippen LogP contribution is -2.30. The van der Waals surface area contributed by atoms with E-state index >= 15 is 0 Å². The molecule has 6 nitrogen and oxygen atoms in total. The zero-order chi connectivity index (χ0) is 40.1. The molecule has 0 N–H and O–H groups in total. The minimum absolute atomic E-state index is 0.0624. The van der Waals surface area contributed by atoms with Crippen molar-refractivity contribution in [3.8, 4) is 0 Å². The van der Waals surface area contributed by atoms with Gasteiger partial charge in [-0.05, 0) is 19.3 Å². The van der Waals surface area contributed by atoms with Crippen LogP contribution in [0.1, 0.15) is 278 Å². The van der Waals surface area contributed by atoms with E-state index in [1.54, 1.807) is 0 Å². The number of carbonyl (C=O) groups excluding carboxylic acids is 3. The average molecular weight is 779 g/mol. The van der Waals surface area contributed by atoms with Gasteiger partial charge in [0.05, 0.1) is 0 Å². The normalized spacial score (nSPS) is 11.8. The van der Waals surface area contributed by atoms with Crippen LogP contribution in [0, 0.1) is 0 Å². The molecule has 0 amide bonds. The Morgan fingerprint density at radius 3 is 0.727 bits per heavy atom. The number of carbonyl (C=O) groups is 3. The highest BCUT2D eigenvalue weighted by Gasteiger charge is 2.19. The Morgan fingerprint density at radius 2 is 0.491 bits per heavy atom. The van der Waals surface area contributed by atoms with Gasteiger partial charge in [-0.25, -0.2) is 0 Å². The van der Waals surface area contributed by atoms with Crippen LogP contribution >= 0.6 is 0 Å². The van der Waals surface area contributed by atoms with Crippen molar-refractivity contribution in [3.05, 3.63) is 0 Å². The van der Waals surface area contributed by atoms with Gasteiger partial charge in [-0.3, -0.25) is 14.4 Å². The molecule has 326 valence electrons. The van der Waals surface area contributed by atoms with Gasteiger partial charge in [0.1, 0.15) is 13.2 Å². The van der Waals surface area contributed by atoms with Crippen molar-refractivity contribution in [1.82, 2.24) is 0 Å². The van der Waals surface area contributed by atoms with E-state index in [2.05, 4.69) is 20.8 Å². The van der Waals surface area contributed by atoms with E-state index in [1.807, 2.05) is 0 Å². The zero-order valence-electron chi connectivity index (χ0n) is 37.2. The van der Waals surface area contributed by atoms with E-state index in [-0.39, 0.29) is 31.1 Å². The maximum Gasteiger partial charge on any atom is 0.306 e. The van der Waals surface area contributed by atoms with E-state index in [0.717, 1.165) is 57.8 Å². The van der Waals surface area contributed by atoms with Gasteiger partial charge in [0.2, 0.25) is 0 Å². The monoisotopic (exact) mass is 779 g/mol. The van der Waals surface area contributed by atoms with Crippen LogP contribution in [0.5, 0.6) is 0 Å². The molecule has 0 aliphatic heterocycles. The summed E-state index contributed by atoms with van der Waals surface area (Å²) in [6.45, 7) is 6.65. The van der Waals surface area contributed by atoms with Crippen LogP contribution in [0.2, 0.25) is 0 Å². The molecule has 1 atom stereocenters. The molecule has 6 heteroatoms. The van der Waals surface area contributed by atoms with Gasteiger partial charge >= 0.3 is 17.9 Å². The fourth-order valence-electron chi connectivity index (χ4n) is 7.38. The molecule has 0 unspecified atom stereocenters. The zero-order valence-corrected chi connectivity index (χ0v) is 37.2. The van der Waals surface area contributed by atoms with Gasteiger partial charge in [0.15, 0.2) is 6.10 Å². The lowest BCUT2D eigenvalue weighted by atomic mass is 10.0. The molecule has 0 heterocycles. The Hall–Kier alpha value is -1.59. The highest BCUT2D eigenvalue weighted by molar-refractivity contribution is 5.71. The summed E-state index contributed by atoms with van der Waals surface area (Å²) in [6.07, 6.45) is 46.6. The van der Waals surface area contributed by atoms with Gasteiger partial charge in [-0.1, -0.05) is 239 Å². The quantitative estimate of drug-likeness (QED) is 0.0348. The molecule has 0 saturated carbocycles. The lowest BCUT2D eigenvalue weighted by molar-refractivity contribution is -0.167. The van der Waals surface area contributed by atoms with Crippen molar-refractivity contribution < 1.29 is 28.6 Å². The first kappa shape index (κ1) is 53.4. The molecule has 0 aliphatic rings. The Kier molecular flexibility index (Phi) is 43.8. The van der Waals surface area contributed by atoms with E-state index < -0.39 is 6.10 Å². The van der Waals surface area contributed by atoms with E-state index in [4.69, 9.17) is 14.2 Å². The van der Waals surface area contributed by atoms with Gasteiger partial charge in [0.25, 0.3) is 0 Å². The smallest absolute Gasteiger partial charge is 0.306 e. The van der Waals surface area contributed by atoms with Gasteiger partial charge < -0.3 is 14.2 Å². The van der Waals surface area contributed by atoms with E-state index in [0.29, 0.717) is 19.3 Å². The number of unbranched alkanes of at least 4 members (excludes halogenated alkanes) is 34. The molecule has 0 bridgehead atoms. The SMILES string of the molecule is CCCCCCCCCCCCCCCCCCC(=O)OC[C@H](COC(=O)CCCCCCCCCCCCCC)OC(=O)CCCCCCCCCCC. The van der Waals surface area contributed by atoms with Crippen molar-refractivity contribution in [2.24, 2.45) is 0 Å². The topological polar surface area (TPSA) is 78.9 Å². The Morgan fingerprint density at radius 1 is 0.291 bits per heavy atom. The molecule has 0 saturated heterocycles. The second-order valence-corrected chi connectivity index (χ2v) is 16.7. The molecule has 0 aromatic carbocycles. The number of hydrogen-bond acceptors (Lipinski definition) is 6. The first-order valence-corrected chi connectivity index (χ1v) is 24.5. The predicted octanol–water partition coefficient (Wildman–Crippen LogP) is 15.6. The summed E-state index contributed by atoms with van der Waals surface area (Å²) in [6, 6.07) is 0. The lowest BCUT2D eigenvalue weighted by Gasteiger charge is -2.18. The highest BCUT2D eigenvalue weighted by Crippen LogP contribution is 2.16. The summed E-state index contributed by atoms with van der Waals surface area (Å²) < 4.78 is 16.7. The maximum absolute atomic E-state index is 12.7. The van der Waals surface area contributed by atoms with Crippen LogP contribution < -0.4 is 0 Å². The predicted molar refractivity (Wildman–Crippen MR) is 233 cm³/mol. The first-order valence-electron chi connectivity index (χ1n) is 24.5. The van der Waals surface area contributed by atoms with Crippen LogP contribution in [0.4, 0.5) is 0 Å². The molecule has 0 spiro atoms. The number of hydrogen-bond donors (Lipinski definition) is 0. The minimum Gasteiger partial charge on any atom is -0.462 e. The van der Waals surface area contributed by atoms with Crippen LogP contribution in [-0.4, -0.2) is 37.2 Å². The third-order valence-electron chi connectivity index (χ3n) is 11.1. The van der Waals surface area contributed by atoms with E-state index in [1.165, 1.54) is 180 Å². The molecular weight excluding hydrogens is 685 g/mol. The third kappa shape index (κ3) is 43.4. The number of ether oxygens (including phenoxy) is 3. The second-order valence-electron chi connectivity index (χ2n) is 16.7. The van der Waals surface area contributed by atoms with Crippen LogP contribution in [0.25, 0.3) is 0 Å². The Labute approximate surface area is 342 Å². The van der Waals surface area contributed by atoms with Crippen LogP contribution in [0.3, 0.4) is 0 Å². The Bertz CT molecular complexity index is 813. The first-order chi connectivity index (χ1) is 27.0. The molecule has 0 radical (unpaired) electrons. The Balaban J connectivity index is 4.24. The molecule has 55 heavy (non-hydrogen) atoms. The summed E-state index contributed by atoms with van der Waals surface area (Å²) >= 11 is 0. The van der Waals surface area contributed by atoms with Gasteiger partial charge in [0, 0.05) is 19.3 Å². The fourth-order valence-corrected chi connectivity index (χ4v) is 7.38. The van der Waals surface area contributed by atoms with E-state index in [9.17, 15) is 14.4 Å². The molecular formula is C49H94O6. The van der Waals surface area contributed by atoms with Crippen molar-refractivity contribution in [2.45, 2.75) is 284 Å². The summed E-state index contributed by atoms with van der Waals surface area (Å²) in [4.78, 5) is 37.7. The molecule has 0 fully saturated rings. The summed E-state index contributed by atoms with van der Waals surface area (Å²) in [5.74, 6) is -0.849. The third-order valence-corrected chi connectivity index (χ3v) is 11.1. The number of rotatable bonds is 45. The molecule has 0 aromatic heterocycles. The summed E-state index contributed by atoms with van der Waals surface area (Å²) in [5.41, 5.74) is 0. The molecule has 0 rings (SSSR count). The van der Waals surface area contributed by atoms with Crippen LogP contribution in [-0.2, 0) is 28.6 Å². The number of esters is 3. The average Bonchev–Trinajstić information content (AvgIpc) is 3.18. The fraction of sp³-hybridized carbons (Fsp3) is 0.939. The van der Waals surface area contributed by atoms with Gasteiger partial charge in [-0.2, -0.15) is 0 Å². The largest absolute Gasteiger partial charge is 0.462 e. The summed E-state index contributed by atoms with van der Waals surface area (Å²) in [7, 11) is 0. The molecule has 0 aromatic rings. The van der Waals surface area contributed by atoms with Crippen molar-refractivity contribution in [1.29, 1.82) is 0 Å². The van der Waals surface area contributed by atoms with Crippen molar-refractivity contribution in [2.75, 3.05) is 13.2 Å². The highest BCUT2D eigenvalue weighted by atomic mass is 16.6. The van der Waals surface area contributed by atoms with Crippen LogP contribution in [0.15, 0.2) is 0 Å². The standard InChI is InChI=1S/C49H94O6/c1-4-7-10-13-16-19-21-23-24-25-26-28-31-33-36-39-42-48(51)54-45-46(55-49(52)43-40-37-34-29-18-15-12-9-6-3)44-53-47(50)41-38-35-32-30-27-22-20-17-14-11-8-5-2/h46H,4-45H2,1-3H3/t46-/m0/s1. The summed E-state index contributed by atoms with van der Waals surface area (Å²) in [5, 5.41) is 0. The maximum atomic E-state index is 12.7.